The first kappa shape index (κ1) is 35.8. The molecule has 1 aromatic rings. The molecule has 1 aromatic carbocycles. The summed E-state index contributed by atoms with van der Waals surface area (Å²) in [6.07, 6.45) is 3.70. The minimum Gasteiger partial charge on any atom is -0.502 e. The van der Waals surface area contributed by atoms with Gasteiger partial charge >= 0.3 is 17.6 Å². The molecule has 4 aliphatic carbocycles. The van der Waals surface area contributed by atoms with Gasteiger partial charge in [-0.3, -0.25) is 34.1 Å². The molecule has 3 N–H and O–H groups in total. The number of ether oxygens (including phenoxy) is 2. The molecule has 14 nitrogen and oxygen atoms in total. The molecule has 7 atom stereocenters. The summed E-state index contributed by atoms with van der Waals surface area (Å²) < 4.78 is 9.89. The molecule has 0 aromatic heterocycles. The predicted molar refractivity (Wildman–Crippen MR) is 170 cm³/mol. The Bertz CT molecular complexity index is 1640. The van der Waals surface area contributed by atoms with Crippen LogP contribution in [0.1, 0.15) is 77.2 Å². The van der Waals surface area contributed by atoms with Crippen LogP contribution >= 0.6 is 0 Å². The summed E-state index contributed by atoms with van der Waals surface area (Å²) >= 11 is 0. The number of carbonyl (C=O) groups excluding carboxylic acids is 6. The largest absolute Gasteiger partial charge is 0.502 e. The second-order valence-electron chi connectivity index (χ2n) is 14.3. The van der Waals surface area contributed by atoms with Crippen molar-refractivity contribution in [3.05, 3.63) is 45.5 Å². The van der Waals surface area contributed by atoms with Gasteiger partial charge in [-0.15, -0.1) is 0 Å². The zero-order valence-electron chi connectivity index (χ0n) is 27.8. The normalized spacial score (nSPS) is 30.9. The van der Waals surface area contributed by atoms with Crippen molar-refractivity contribution in [1.29, 1.82) is 0 Å². The molecule has 5 rings (SSSR count). The first-order chi connectivity index (χ1) is 23.0. The Hall–Kier alpha value is -4.46. The van der Waals surface area contributed by atoms with Crippen molar-refractivity contribution in [2.24, 2.45) is 28.6 Å². The van der Waals surface area contributed by atoms with Gasteiger partial charge in [0.15, 0.2) is 18.1 Å². The summed E-state index contributed by atoms with van der Waals surface area (Å²) in [7, 11) is 1.10. The summed E-state index contributed by atoms with van der Waals surface area (Å²) in [5.74, 6) is -4.08. The third kappa shape index (κ3) is 6.50. The fourth-order valence-corrected chi connectivity index (χ4v) is 9.08. The van der Waals surface area contributed by atoms with Gasteiger partial charge < -0.3 is 25.0 Å². The molecular weight excluding hydrogens is 640 g/mol. The highest BCUT2D eigenvalue weighted by molar-refractivity contribution is 5.95. The van der Waals surface area contributed by atoms with E-state index in [9.17, 15) is 49.1 Å². The number of aromatic hydroxyl groups is 1. The third-order valence-corrected chi connectivity index (χ3v) is 11.7. The number of phenolic OH excluding ortho intramolecular Hbond substituents is 1. The number of fused-ring (bicyclic) bond motifs is 5. The van der Waals surface area contributed by atoms with Gasteiger partial charge in [0.1, 0.15) is 17.4 Å². The van der Waals surface area contributed by atoms with Crippen LogP contribution in [0.4, 0.5) is 5.69 Å². The standard InChI is InChI=1S/C35H42N2O12/c1-33-12-10-21(38)16-20(33)5-6-22-23-11-13-35(45,34(23,2)17-27(40)31(22)33)28(41)18-49-30(43)9-8-29(42)36-24(32(44)48-3)14-19-4-7-26(39)25(15-19)37(46)47/h4,7,15-16,22-24,31,39,45H,5-6,8-14,17-18H2,1-3H3,(H,36,42)/t22-,23-,24?,31+,33-,34-,35-/m0/s1. The Morgan fingerprint density at radius 3 is 2.53 bits per heavy atom. The van der Waals surface area contributed by atoms with Crippen molar-refractivity contribution in [3.8, 4) is 5.75 Å². The Morgan fingerprint density at radius 2 is 1.84 bits per heavy atom. The molecule has 3 saturated carbocycles. The number of nitro groups is 1. The SMILES string of the molecule is COC(=O)C(Cc1ccc(O)c([N+](=O)[O-])c1)NC(=O)CCC(=O)OCC(=O)[C@@]1(O)CC[C@H]2[C@@H]3CCC4=CC(=O)CC[C@]4(C)[C@H]3C(=O)C[C@@]21C. The number of nitrogens with one attached hydrogen (secondary N) is 1. The van der Waals surface area contributed by atoms with E-state index in [1.165, 1.54) is 6.07 Å². The topological polar surface area (TPSA) is 217 Å². The zero-order chi connectivity index (χ0) is 35.9. The second-order valence-corrected chi connectivity index (χ2v) is 14.3. The van der Waals surface area contributed by atoms with Crippen molar-refractivity contribution < 1.29 is 53.4 Å². The summed E-state index contributed by atoms with van der Waals surface area (Å²) in [5, 5.41) is 35.1. The van der Waals surface area contributed by atoms with E-state index in [1.807, 2.05) is 0 Å². The van der Waals surface area contributed by atoms with Crippen LogP contribution in [0.5, 0.6) is 5.75 Å². The molecule has 14 heteroatoms. The number of hydrogen-bond acceptors (Lipinski definition) is 12. The summed E-state index contributed by atoms with van der Waals surface area (Å²) in [6.45, 7) is 3.10. The second kappa shape index (κ2) is 13.4. The number of nitrogens with zero attached hydrogens (tertiary/aromatic N) is 1. The number of hydrogen-bond donors (Lipinski definition) is 3. The Morgan fingerprint density at radius 1 is 1.10 bits per heavy atom. The smallest absolute Gasteiger partial charge is 0.328 e. The lowest BCUT2D eigenvalue weighted by Gasteiger charge is -2.57. The van der Waals surface area contributed by atoms with E-state index in [0.29, 0.717) is 32.1 Å². The zero-order valence-corrected chi connectivity index (χ0v) is 27.8. The molecule has 0 radical (unpaired) electrons. The molecule has 49 heavy (non-hydrogen) atoms. The summed E-state index contributed by atoms with van der Waals surface area (Å²) in [4.78, 5) is 87.3. The van der Waals surface area contributed by atoms with Crippen molar-refractivity contribution >= 4 is 40.9 Å². The third-order valence-electron chi connectivity index (χ3n) is 11.7. The lowest BCUT2D eigenvalue weighted by atomic mass is 9.46. The number of Topliss-reactive ketones (excluding diaryl/α,β-unsaturated/α-hetero) is 2. The number of carbonyl (C=O) groups is 6. The monoisotopic (exact) mass is 682 g/mol. The Labute approximate surface area is 282 Å². The van der Waals surface area contributed by atoms with Gasteiger partial charge in [-0.25, -0.2) is 4.79 Å². The highest BCUT2D eigenvalue weighted by atomic mass is 16.6. The Balaban J connectivity index is 1.16. The van der Waals surface area contributed by atoms with E-state index >= 15 is 0 Å². The summed E-state index contributed by atoms with van der Waals surface area (Å²) in [6, 6.07) is 2.26. The number of aliphatic hydroxyl groups is 1. The molecule has 264 valence electrons. The average Bonchev–Trinajstić information content (AvgIpc) is 3.33. The van der Waals surface area contributed by atoms with Crippen molar-refractivity contribution in [3.63, 3.8) is 0 Å². The molecule has 0 spiro atoms. The maximum Gasteiger partial charge on any atom is 0.328 e. The van der Waals surface area contributed by atoms with E-state index < -0.39 is 81.9 Å². The average molecular weight is 683 g/mol. The maximum atomic E-state index is 13.8. The number of rotatable bonds is 11. The number of methoxy groups -OCH3 is 1. The van der Waals surface area contributed by atoms with Crippen LogP contribution in [0.3, 0.4) is 0 Å². The van der Waals surface area contributed by atoms with Crippen LogP contribution in [0.2, 0.25) is 0 Å². The van der Waals surface area contributed by atoms with Gasteiger partial charge in [-0.2, -0.15) is 0 Å². The number of nitro benzene ring substituents is 1. The van der Waals surface area contributed by atoms with Gasteiger partial charge in [0.05, 0.1) is 18.5 Å². The lowest BCUT2D eigenvalue weighted by molar-refractivity contribution is -0.385. The number of amides is 1. The van der Waals surface area contributed by atoms with Crippen LogP contribution in [0.25, 0.3) is 0 Å². The van der Waals surface area contributed by atoms with Crippen molar-refractivity contribution in [2.75, 3.05) is 13.7 Å². The van der Waals surface area contributed by atoms with E-state index in [2.05, 4.69) is 12.2 Å². The molecule has 0 bridgehead atoms. The number of benzene rings is 1. The molecule has 0 aliphatic heterocycles. The van der Waals surface area contributed by atoms with Crippen molar-refractivity contribution in [1.82, 2.24) is 5.32 Å². The fourth-order valence-electron chi connectivity index (χ4n) is 9.08. The fraction of sp³-hybridized carbons (Fsp3) is 0.600. The van der Waals surface area contributed by atoms with Crippen LogP contribution in [0, 0.1) is 38.7 Å². The van der Waals surface area contributed by atoms with Gasteiger partial charge in [-0.1, -0.05) is 25.5 Å². The first-order valence-electron chi connectivity index (χ1n) is 16.6. The number of esters is 2. The van der Waals surface area contributed by atoms with E-state index in [1.54, 1.807) is 13.0 Å². The first-order valence-corrected chi connectivity index (χ1v) is 16.6. The van der Waals surface area contributed by atoms with E-state index in [4.69, 9.17) is 9.47 Å². The minimum absolute atomic E-state index is 0.00482. The predicted octanol–water partition coefficient (Wildman–Crippen LogP) is 2.84. The minimum atomic E-state index is -1.88. The van der Waals surface area contributed by atoms with Gasteiger partial charge in [0, 0.05) is 43.1 Å². The highest BCUT2D eigenvalue weighted by Crippen LogP contribution is 2.66. The van der Waals surface area contributed by atoms with E-state index in [0.717, 1.165) is 24.8 Å². The molecule has 3 fully saturated rings. The Kier molecular flexibility index (Phi) is 9.84. The van der Waals surface area contributed by atoms with Gasteiger partial charge in [-0.05, 0) is 67.1 Å². The number of ketones is 3. The van der Waals surface area contributed by atoms with Crippen LogP contribution in [-0.2, 0) is 44.7 Å². The van der Waals surface area contributed by atoms with E-state index in [-0.39, 0.29) is 54.1 Å². The molecule has 0 saturated heterocycles. The van der Waals surface area contributed by atoms with Gasteiger partial charge in [0.25, 0.3) is 0 Å². The van der Waals surface area contributed by atoms with Gasteiger partial charge in [0.2, 0.25) is 11.7 Å². The molecule has 1 unspecified atom stereocenters. The molecule has 4 aliphatic rings. The molecule has 1 amide bonds. The molecule has 0 heterocycles. The highest BCUT2D eigenvalue weighted by Gasteiger charge is 2.68. The summed E-state index contributed by atoms with van der Waals surface area (Å²) in [5.41, 5.74) is -2.63. The maximum absolute atomic E-state index is 13.8. The van der Waals surface area contributed by atoms with Crippen molar-refractivity contribution in [2.45, 2.75) is 89.7 Å². The quantitative estimate of drug-likeness (QED) is 0.174. The lowest BCUT2D eigenvalue weighted by Crippen LogP contribution is -2.61. The number of phenols is 1. The van der Waals surface area contributed by atoms with Crippen LogP contribution in [-0.4, -0.2) is 75.7 Å². The number of allylic oxidation sites excluding steroid dienone is 1. The van der Waals surface area contributed by atoms with Crippen LogP contribution < -0.4 is 5.32 Å². The molecular formula is C35H42N2O12. The van der Waals surface area contributed by atoms with Crippen LogP contribution in [0.15, 0.2) is 29.8 Å².